The van der Waals surface area contributed by atoms with Crippen LogP contribution < -0.4 is 21.4 Å². The van der Waals surface area contributed by atoms with Crippen LogP contribution in [0.5, 0.6) is 0 Å². The van der Waals surface area contributed by atoms with E-state index in [1.165, 1.54) is 0 Å². The lowest BCUT2D eigenvalue weighted by molar-refractivity contribution is 0.110. The maximum absolute atomic E-state index is 13.4. The summed E-state index contributed by atoms with van der Waals surface area (Å²) >= 11 is 12.7. The molecule has 3 N–H and O–H groups in total. The molecule has 0 spiro atoms. The van der Waals surface area contributed by atoms with E-state index in [0.717, 1.165) is 10.4 Å². The average Bonchev–Trinajstić information content (AvgIpc) is 2.77. The molecule has 2 aromatic heterocycles. The minimum Gasteiger partial charge on any atom is -0.409 e. The highest BCUT2D eigenvalue weighted by Crippen LogP contribution is 2.33. The van der Waals surface area contributed by atoms with E-state index in [1.807, 2.05) is 30.3 Å². The molecule has 0 bridgehead atoms. The quantitative estimate of drug-likeness (QED) is 0.403. The second-order valence-electron chi connectivity index (χ2n) is 6.69. The van der Waals surface area contributed by atoms with Crippen molar-refractivity contribution in [3.05, 3.63) is 81.2 Å². The van der Waals surface area contributed by atoms with Gasteiger partial charge in [0.05, 0.1) is 15.6 Å². The fourth-order valence-electron chi connectivity index (χ4n) is 3.07. The predicted molar refractivity (Wildman–Crippen MR) is 124 cm³/mol. The van der Waals surface area contributed by atoms with Gasteiger partial charge >= 0.3 is 0 Å². The van der Waals surface area contributed by atoms with Crippen LogP contribution in [0.3, 0.4) is 0 Å². The van der Waals surface area contributed by atoms with Crippen molar-refractivity contribution in [2.45, 2.75) is 6.42 Å². The Morgan fingerprint density at radius 3 is 2.52 bits per heavy atom. The average molecular weight is 456 g/mol. The predicted octanol–water partition coefficient (Wildman–Crippen LogP) is 4.29. The number of nitrogens with one attached hydrogen (secondary N) is 1. The Balaban J connectivity index is 1.87. The largest absolute Gasteiger partial charge is 0.409 e. The lowest BCUT2D eigenvalue weighted by Gasteiger charge is -2.15. The Morgan fingerprint density at radius 2 is 1.81 bits per heavy atom. The summed E-state index contributed by atoms with van der Waals surface area (Å²) in [7, 11) is 0. The monoisotopic (exact) mass is 455 g/mol. The van der Waals surface area contributed by atoms with E-state index in [9.17, 15) is 4.79 Å². The molecule has 0 aliphatic rings. The zero-order valence-electron chi connectivity index (χ0n) is 16.4. The molecule has 158 valence electrons. The second-order valence-corrected chi connectivity index (χ2v) is 7.51. The third-order valence-electron chi connectivity index (χ3n) is 4.53. The maximum Gasteiger partial charge on any atom is 0.293 e. The van der Waals surface area contributed by atoms with Crippen LogP contribution in [-0.4, -0.2) is 27.9 Å². The van der Waals surface area contributed by atoms with Gasteiger partial charge in [-0.25, -0.2) is 4.98 Å². The number of benzene rings is 2. The first-order valence-electron chi connectivity index (χ1n) is 9.61. The topological polar surface area (TPSA) is 95.1 Å². The number of aromatic nitrogens is 3. The minimum atomic E-state index is -0.427. The van der Waals surface area contributed by atoms with Gasteiger partial charge in [0.15, 0.2) is 5.65 Å². The summed E-state index contributed by atoms with van der Waals surface area (Å²) in [6.07, 6.45) is 2.19. The molecule has 0 amide bonds. The van der Waals surface area contributed by atoms with Gasteiger partial charge in [0.1, 0.15) is 6.61 Å². The van der Waals surface area contributed by atoms with Crippen molar-refractivity contribution in [2.24, 2.45) is 5.73 Å². The van der Waals surface area contributed by atoms with Gasteiger partial charge in [0.25, 0.3) is 5.56 Å². The molecular formula is C22H19Cl2N5O2. The van der Waals surface area contributed by atoms with Gasteiger partial charge in [-0.15, -0.1) is 4.73 Å². The van der Waals surface area contributed by atoms with Crippen LogP contribution in [0.1, 0.15) is 6.42 Å². The second kappa shape index (κ2) is 9.34. The smallest absolute Gasteiger partial charge is 0.293 e. The van der Waals surface area contributed by atoms with Gasteiger partial charge in [-0.2, -0.15) is 4.98 Å². The number of rotatable bonds is 7. The van der Waals surface area contributed by atoms with Crippen LogP contribution in [0.2, 0.25) is 10.0 Å². The molecular weight excluding hydrogens is 437 g/mol. The Hall–Kier alpha value is -3.13. The van der Waals surface area contributed by atoms with Crippen LogP contribution in [-0.2, 0) is 0 Å². The van der Waals surface area contributed by atoms with Gasteiger partial charge in [-0.05, 0) is 43.3 Å². The summed E-state index contributed by atoms with van der Waals surface area (Å²) in [5.74, 6) is 0.331. The summed E-state index contributed by atoms with van der Waals surface area (Å²) in [6.45, 7) is 0.676. The minimum absolute atomic E-state index is 0.247. The molecule has 0 atom stereocenters. The highest BCUT2D eigenvalue weighted by atomic mass is 35.5. The van der Waals surface area contributed by atoms with E-state index in [-0.39, 0.29) is 6.61 Å². The van der Waals surface area contributed by atoms with Crippen molar-refractivity contribution >= 4 is 45.9 Å². The Kier molecular flexibility index (Phi) is 6.36. The van der Waals surface area contributed by atoms with E-state index < -0.39 is 5.56 Å². The molecule has 0 aliphatic carbocycles. The summed E-state index contributed by atoms with van der Waals surface area (Å²) in [5, 5.41) is 4.44. The maximum atomic E-state index is 13.4. The lowest BCUT2D eigenvalue weighted by Crippen LogP contribution is -2.30. The SMILES string of the molecule is NCCCOn1c(=O)c(-c2c(Cl)cccc2Cl)cc2cnc(Nc3ccccc3)nc21. The van der Waals surface area contributed by atoms with Gasteiger partial charge in [-0.1, -0.05) is 47.5 Å². The van der Waals surface area contributed by atoms with Gasteiger partial charge in [0, 0.05) is 22.8 Å². The van der Waals surface area contributed by atoms with Crippen molar-refractivity contribution in [3.8, 4) is 11.1 Å². The Bertz CT molecular complexity index is 1260. The molecule has 0 saturated heterocycles. The fraction of sp³-hybridized carbons (Fsp3) is 0.136. The van der Waals surface area contributed by atoms with E-state index in [2.05, 4.69) is 15.3 Å². The number of halogens is 2. The molecule has 0 saturated carbocycles. The molecule has 9 heteroatoms. The van der Waals surface area contributed by atoms with Crippen molar-refractivity contribution in [2.75, 3.05) is 18.5 Å². The van der Waals surface area contributed by atoms with E-state index >= 15 is 0 Å². The van der Waals surface area contributed by atoms with Crippen LogP contribution in [0, 0.1) is 0 Å². The molecule has 2 heterocycles. The molecule has 0 unspecified atom stereocenters. The van der Waals surface area contributed by atoms with Crippen molar-refractivity contribution in [1.29, 1.82) is 0 Å². The normalized spacial score (nSPS) is 10.9. The van der Waals surface area contributed by atoms with E-state index in [4.69, 9.17) is 33.8 Å². The molecule has 7 nitrogen and oxygen atoms in total. The van der Waals surface area contributed by atoms with Gasteiger partial charge < -0.3 is 15.9 Å². The highest BCUT2D eigenvalue weighted by Gasteiger charge is 2.18. The number of nitrogens with two attached hydrogens (primary N) is 1. The Labute approximate surface area is 188 Å². The summed E-state index contributed by atoms with van der Waals surface area (Å²) in [4.78, 5) is 28.0. The molecule has 0 radical (unpaired) electrons. The highest BCUT2D eigenvalue weighted by molar-refractivity contribution is 6.39. The number of nitrogens with zero attached hydrogens (tertiary/aromatic N) is 3. The molecule has 31 heavy (non-hydrogen) atoms. The third kappa shape index (κ3) is 4.49. The van der Waals surface area contributed by atoms with Crippen molar-refractivity contribution in [1.82, 2.24) is 14.7 Å². The first-order valence-corrected chi connectivity index (χ1v) is 10.4. The summed E-state index contributed by atoms with van der Waals surface area (Å²) in [5.41, 5.74) is 7.02. The van der Waals surface area contributed by atoms with Gasteiger partial charge in [0.2, 0.25) is 5.95 Å². The van der Waals surface area contributed by atoms with Crippen molar-refractivity contribution in [3.63, 3.8) is 0 Å². The first-order chi connectivity index (χ1) is 15.1. The Morgan fingerprint density at radius 1 is 1.06 bits per heavy atom. The summed E-state index contributed by atoms with van der Waals surface area (Å²) < 4.78 is 1.15. The van der Waals surface area contributed by atoms with Gasteiger partial charge in [-0.3, -0.25) is 4.79 Å². The van der Waals surface area contributed by atoms with Crippen LogP contribution in [0.15, 0.2) is 65.6 Å². The first kappa shape index (κ1) is 21.1. The molecule has 0 aliphatic heterocycles. The third-order valence-corrected chi connectivity index (χ3v) is 5.16. The molecule has 4 rings (SSSR count). The number of hydrogen-bond donors (Lipinski definition) is 2. The lowest BCUT2D eigenvalue weighted by atomic mass is 10.1. The van der Waals surface area contributed by atoms with Crippen molar-refractivity contribution < 1.29 is 4.84 Å². The van der Waals surface area contributed by atoms with Crippen LogP contribution >= 0.6 is 23.2 Å². The van der Waals surface area contributed by atoms with E-state index in [0.29, 0.717) is 51.1 Å². The molecule has 0 fully saturated rings. The zero-order valence-corrected chi connectivity index (χ0v) is 17.9. The number of pyridine rings is 1. The van der Waals surface area contributed by atoms with Crippen LogP contribution in [0.4, 0.5) is 11.6 Å². The fourth-order valence-corrected chi connectivity index (χ4v) is 3.67. The number of hydrogen-bond acceptors (Lipinski definition) is 6. The molecule has 4 aromatic rings. The number of para-hydroxylation sites is 1. The summed E-state index contributed by atoms with van der Waals surface area (Å²) in [6, 6.07) is 16.2. The number of fused-ring (bicyclic) bond motifs is 1. The van der Waals surface area contributed by atoms with E-state index in [1.54, 1.807) is 30.5 Å². The standard InChI is InChI=1S/C22H19Cl2N5O2/c23-17-8-4-9-18(24)19(17)16-12-14-13-26-22(27-15-6-2-1-3-7-15)28-20(14)29(21(16)30)31-11-5-10-25/h1-4,6-9,12-13H,5,10-11,25H2,(H,26,27,28). The number of anilines is 2. The zero-order chi connectivity index (χ0) is 21.8. The molecule has 2 aromatic carbocycles. The van der Waals surface area contributed by atoms with Crippen LogP contribution in [0.25, 0.3) is 22.2 Å².